The van der Waals surface area contributed by atoms with E-state index in [1.54, 1.807) is 0 Å². The first kappa shape index (κ1) is 15.4. The van der Waals surface area contributed by atoms with E-state index in [9.17, 15) is 4.79 Å². The van der Waals surface area contributed by atoms with Crippen molar-refractivity contribution in [3.63, 3.8) is 0 Å². The minimum Gasteiger partial charge on any atom is -0.465 e. The molecule has 2 unspecified atom stereocenters. The van der Waals surface area contributed by atoms with Crippen LogP contribution in [0.5, 0.6) is 0 Å². The van der Waals surface area contributed by atoms with Gasteiger partial charge in [0.25, 0.3) is 0 Å². The molecule has 0 aromatic rings. The van der Waals surface area contributed by atoms with Crippen molar-refractivity contribution >= 4 is 5.97 Å². The Balaban J connectivity index is 3.69. The average Bonchev–Trinajstić information content (AvgIpc) is 2.17. The summed E-state index contributed by atoms with van der Waals surface area (Å²) in [6.07, 6.45) is 3.57. The van der Waals surface area contributed by atoms with Gasteiger partial charge in [-0.1, -0.05) is 26.7 Å². The molecule has 2 atom stereocenters. The standard InChI is InChI=1S/C13H27NO2/c1-6-16-13(15)12(5)14-11(4)9-7-8-10(2)3/h10-12,14H,6-9H2,1-5H3. The Bertz CT molecular complexity index is 192. The van der Waals surface area contributed by atoms with E-state index in [-0.39, 0.29) is 12.0 Å². The van der Waals surface area contributed by atoms with Crippen LogP contribution in [0.2, 0.25) is 0 Å². The molecule has 0 fully saturated rings. The van der Waals surface area contributed by atoms with Crippen molar-refractivity contribution in [2.75, 3.05) is 6.61 Å². The predicted octanol–water partition coefficient (Wildman–Crippen LogP) is 2.74. The normalized spacial score (nSPS) is 14.9. The minimum atomic E-state index is -0.200. The first-order valence-corrected chi connectivity index (χ1v) is 6.40. The second kappa shape index (κ2) is 8.57. The highest BCUT2D eigenvalue weighted by atomic mass is 16.5. The molecule has 0 saturated heterocycles. The number of rotatable bonds is 8. The van der Waals surface area contributed by atoms with Gasteiger partial charge in [-0.15, -0.1) is 0 Å². The van der Waals surface area contributed by atoms with Crippen molar-refractivity contribution in [2.45, 2.75) is 66.0 Å². The van der Waals surface area contributed by atoms with Crippen LogP contribution in [0.25, 0.3) is 0 Å². The van der Waals surface area contributed by atoms with E-state index in [0.29, 0.717) is 12.6 Å². The topological polar surface area (TPSA) is 38.3 Å². The molecule has 0 aromatic carbocycles. The molecule has 0 radical (unpaired) electrons. The number of hydrogen-bond acceptors (Lipinski definition) is 3. The third-order valence-corrected chi connectivity index (χ3v) is 2.59. The number of carbonyl (C=O) groups is 1. The lowest BCUT2D eigenvalue weighted by atomic mass is 10.0. The van der Waals surface area contributed by atoms with Crippen LogP contribution in [0.4, 0.5) is 0 Å². The number of esters is 1. The van der Waals surface area contributed by atoms with Crippen LogP contribution >= 0.6 is 0 Å². The van der Waals surface area contributed by atoms with Gasteiger partial charge in [-0.05, 0) is 33.1 Å². The molecule has 0 saturated carbocycles. The fraction of sp³-hybridized carbons (Fsp3) is 0.923. The second-order valence-electron chi connectivity index (χ2n) is 4.87. The van der Waals surface area contributed by atoms with Gasteiger partial charge in [0.2, 0.25) is 0 Å². The van der Waals surface area contributed by atoms with Gasteiger partial charge in [-0.25, -0.2) is 0 Å². The van der Waals surface area contributed by atoms with E-state index in [4.69, 9.17) is 4.74 Å². The summed E-state index contributed by atoms with van der Waals surface area (Å²) >= 11 is 0. The Morgan fingerprint density at radius 1 is 1.19 bits per heavy atom. The lowest BCUT2D eigenvalue weighted by Gasteiger charge is -2.19. The largest absolute Gasteiger partial charge is 0.465 e. The second-order valence-corrected chi connectivity index (χ2v) is 4.87. The van der Waals surface area contributed by atoms with E-state index in [1.807, 2.05) is 13.8 Å². The first-order valence-electron chi connectivity index (χ1n) is 6.40. The summed E-state index contributed by atoms with van der Waals surface area (Å²) in [6, 6.07) is 0.173. The van der Waals surface area contributed by atoms with Gasteiger partial charge < -0.3 is 10.1 Å². The van der Waals surface area contributed by atoms with Crippen molar-refractivity contribution in [1.29, 1.82) is 0 Å². The molecule has 16 heavy (non-hydrogen) atoms. The van der Waals surface area contributed by atoms with Gasteiger partial charge in [0, 0.05) is 6.04 Å². The lowest BCUT2D eigenvalue weighted by molar-refractivity contribution is -0.145. The first-order chi connectivity index (χ1) is 7.47. The summed E-state index contributed by atoms with van der Waals surface area (Å²) in [7, 11) is 0. The van der Waals surface area contributed by atoms with Crippen LogP contribution in [-0.4, -0.2) is 24.7 Å². The van der Waals surface area contributed by atoms with Gasteiger partial charge >= 0.3 is 5.97 Å². The summed E-state index contributed by atoms with van der Waals surface area (Å²) in [5.74, 6) is 0.605. The number of hydrogen-bond donors (Lipinski definition) is 1. The fourth-order valence-electron chi connectivity index (χ4n) is 1.68. The number of ether oxygens (including phenoxy) is 1. The van der Waals surface area contributed by atoms with E-state index in [0.717, 1.165) is 12.3 Å². The smallest absolute Gasteiger partial charge is 0.322 e. The summed E-state index contributed by atoms with van der Waals surface area (Å²) in [6.45, 7) is 10.7. The third kappa shape index (κ3) is 7.69. The molecule has 0 rings (SSSR count). The summed E-state index contributed by atoms with van der Waals surface area (Å²) < 4.78 is 4.95. The molecule has 0 aliphatic carbocycles. The zero-order valence-electron chi connectivity index (χ0n) is 11.4. The Kier molecular flexibility index (Phi) is 8.26. The molecule has 3 nitrogen and oxygen atoms in total. The fourth-order valence-corrected chi connectivity index (χ4v) is 1.68. The predicted molar refractivity (Wildman–Crippen MR) is 67.4 cm³/mol. The average molecular weight is 229 g/mol. The zero-order valence-corrected chi connectivity index (χ0v) is 11.4. The summed E-state index contributed by atoms with van der Waals surface area (Å²) in [5.41, 5.74) is 0. The lowest BCUT2D eigenvalue weighted by Crippen LogP contribution is -2.40. The Hall–Kier alpha value is -0.570. The highest BCUT2D eigenvalue weighted by Crippen LogP contribution is 2.08. The highest BCUT2D eigenvalue weighted by molar-refractivity contribution is 5.75. The molecule has 0 aliphatic heterocycles. The zero-order chi connectivity index (χ0) is 12.6. The van der Waals surface area contributed by atoms with Crippen LogP contribution in [0, 0.1) is 5.92 Å². The van der Waals surface area contributed by atoms with Gasteiger partial charge in [-0.3, -0.25) is 4.79 Å². The minimum absolute atomic E-state index is 0.154. The highest BCUT2D eigenvalue weighted by Gasteiger charge is 2.15. The van der Waals surface area contributed by atoms with Crippen LogP contribution in [0.1, 0.15) is 53.9 Å². The third-order valence-electron chi connectivity index (χ3n) is 2.59. The van der Waals surface area contributed by atoms with Crippen molar-refractivity contribution in [3.8, 4) is 0 Å². The van der Waals surface area contributed by atoms with Crippen molar-refractivity contribution < 1.29 is 9.53 Å². The Labute approximate surface area is 99.9 Å². The molecule has 1 N–H and O–H groups in total. The maximum atomic E-state index is 11.4. The van der Waals surface area contributed by atoms with Crippen molar-refractivity contribution in [3.05, 3.63) is 0 Å². The van der Waals surface area contributed by atoms with Gasteiger partial charge in [-0.2, -0.15) is 0 Å². The molecule has 0 amide bonds. The molecule has 0 aliphatic rings. The maximum Gasteiger partial charge on any atom is 0.322 e. The van der Waals surface area contributed by atoms with Gasteiger partial charge in [0.05, 0.1) is 6.61 Å². The van der Waals surface area contributed by atoms with Crippen LogP contribution in [-0.2, 0) is 9.53 Å². The summed E-state index contributed by atoms with van der Waals surface area (Å²) in [4.78, 5) is 11.4. The van der Waals surface area contributed by atoms with Gasteiger partial charge in [0.15, 0.2) is 0 Å². The maximum absolute atomic E-state index is 11.4. The monoisotopic (exact) mass is 229 g/mol. The van der Waals surface area contributed by atoms with Crippen LogP contribution < -0.4 is 5.32 Å². The Morgan fingerprint density at radius 3 is 2.31 bits per heavy atom. The SMILES string of the molecule is CCOC(=O)C(C)NC(C)CCCC(C)C. The van der Waals surface area contributed by atoms with Crippen molar-refractivity contribution in [1.82, 2.24) is 5.32 Å². The van der Waals surface area contributed by atoms with E-state index in [1.165, 1.54) is 12.8 Å². The van der Waals surface area contributed by atoms with Crippen molar-refractivity contribution in [2.24, 2.45) is 5.92 Å². The number of nitrogens with one attached hydrogen (secondary N) is 1. The molecule has 0 bridgehead atoms. The number of carbonyl (C=O) groups excluding carboxylic acids is 1. The molecule has 96 valence electrons. The molecule has 0 heterocycles. The summed E-state index contributed by atoms with van der Waals surface area (Å²) in [5, 5.41) is 3.26. The quantitative estimate of drug-likeness (QED) is 0.650. The Morgan fingerprint density at radius 2 is 1.81 bits per heavy atom. The molecular weight excluding hydrogens is 202 g/mol. The molecule has 0 aromatic heterocycles. The van der Waals surface area contributed by atoms with E-state index in [2.05, 4.69) is 26.1 Å². The van der Waals surface area contributed by atoms with E-state index >= 15 is 0 Å². The van der Waals surface area contributed by atoms with Crippen LogP contribution in [0.15, 0.2) is 0 Å². The molecular formula is C13H27NO2. The van der Waals surface area contributed by atoms with Gasteiger partial charge in [0.1, 0.15) is 6.04 Å². The van der Waals surface area contributed by atoms with Crippen LogP contribution in [0.3, 0.4) is 0 Å². The molecule has 0 spiro atoms. The molecule has 3 heteroatoms. The van der Waals surface area contributed by atoms with E-state index < -0.39 is 0 Å².